The Bertz CT molecular complexity index is 429. The summed E-state index contributed by atoms with van der Waals surface area (Å²) >= 11 is 0. The van der Waals surface area contributed by atoms with Gasteiger partial charge in [0, 0.05) is 11.7 Å². The van der Waals surface area contributed by atoms with Gasteiger partial charge in [-0.1, -0.05) is 13.0 Å². The minimum atomic E-state index is -3.42. The minimum Gasteiger partial charge on any atom is -0.399 e. The molecular formula is C10H16N2O2S. The maximum atomic E-state index is 11.8. The van der Waals surface area contributed by atoms with E-state index in [1.807, 2.05) is 13.8 Å². The Morgan fingerprint density at radius 1 is 1.47 bits per heavy atom. The molecule has 0 bridgehead atoms. The molecule has 0 saturated carbocycles. The van der Waals surface area contributed by atoms with Crippen LogP contribution in [0, 0.1) is 0 Å². The van der Waals surface area contributed by atoms with E-state index in [0.717, 1.165) is 6.42 Å². The molecule has 0 aromatic heterocycles. The van der Waals surface area contributed by atoms with Crippen LogP contribution >= 0.6 is 0 Å². The van der Waals surface area contributed by atoms with Gasteiger partial charge < -0.3 is 5.73 Å². The van der Waals surface area contributed by atoms with Gasteiger partial charge in [0.15, 0.2) is 0 Å². The molecule has 4 nitrogen and oxygen atoms in total. The van der Waals surface area contributed by atoms with Crippen molar-refractivity contribution >= 4 is 15.7 Å². The summed E-state index contributed by atoms with van der Waals surface area (Å²) in [6.45, 7) is 3.75. The number of hydrogen-bond donors (Lipinski definition) is 2. The van der Waals surface area contributed by atoms with Crippen LogP contribution in [0.15, 0.2) is 29.2 Å². The topological polar surface area (TPSA) is 72.2 Å². The molecule has 0 aliphatic heterocycles. The van der Waals surface area contributed by atoms with E-state index in [1.54, 1.807) is 12.1 Å². The van der Waals surface area contributed by atoms with Crippen molar-refractivity contribution in [3.8, 4) is 0 Å². The van der Waals surface area contributed by atoms with Crippen molar-refractivity contribution < 1.29 is 8.42 Å². The summed E-state index contributed by atoms with van der Waals surface area (Å²) in [6, 6.07) is 6.19. The van der Waals surface area contributed by atoms with Crippen molar-refractivity contribution in [2.45, 2.75) is 31.2 Å². The van der Waals surface area contributed by atoms with E-state index in [-0.39, 0.29) is 10.9 Å². The summed E-state index contributed by atoms with van der Waals surface area (Å²) in [6.07, 6.45) is 0.752. The Kier molecular flexibility index (Phi) is 3.71. The summed E-state index contributed by atoms with van der Waals surface area (Å²) in [7, 11) is -3.42. The van der Waals surface area contributed by atoms with Crippen LogP contribution in [0.1, 0.15) is 20.3 Å². The first-order chi connectivity index (χ1) is 6.95. The van der Waals surface area contributed by atoms with Crippen LogP contribution in [0.2, 0.25) is 0 Å². The smallest absolute Gasteiger partial charge is 0.240 e. The van der Waals surface area contributed by atoms with Crippen LogP contribution in [0.3, 0.4) is 0 Å². The van der Waals surface area contributed by atoms with Gasteiger partial charge in [-0.25, -0.2) is 13.1 Å². The molecule has 1 rings (SSSR count). The zero-order chi connectivity index (χ0) is 11.5. The first kappa shape index (κ1) is 12.0. The number of nitrogen functional groups attached to an aromatic ring is 1. The predicted octanol–water partition coefficient (Wildman–Crippen LogP) is 1.35. The zero-order valence-corrected chi connectivity index (χ0v) is 9.71. The molecule has 0 aliphatic carbocycles. The molecule has 5 heteroatoms. The van der Waals surface area contributed by atoms with E-state index in [2.05, 4.69) is 4.72 Å². The molecule has 0 heterocycles. The fourth-order valence-corrected chi connectivity index (χ4v) is 2.48. The Hall–Kier alpha value is -1.07. The average Bonchev–Trinajstić information content (AvgIpc) is 2.17. The molecule has 0 saturated heterocycles. The fourth-order valence-electron chi connectivity index (χ4n) is 1.10. The highest BCUT2D eigenvalue weighted by Crippen LogP contribution is 2.13. The van der Waals surface area contributed by atoms with Crippen LogP contribution < -0.4 is 10.5 Å². The summed E-state index contributed by atoms with van der Waals surface area (Å²) in [4.78, 5) is 0.211. The molecule has 15 heavy (non-hydrogen) atoms. The summed E-state index contributed by atoms with van der Waals surface area (Å²) in [5, 5.41) is 0. The number of sulfonamides is 1. The van der Waals surface area contributed by atoms with Crippen molar-refractivity contribution in [3.63, 3.8) is 0 Å². The van der Waals surface area contributed by atoms with Gasteiger partial charge in [-0.15, -0.1) is 0 Å². The molecule has 0 amide bonds. The number of benzene rings is 1. The Balaban J connectivity index is 2.96. The number of rotatable bonds is 4. The summed E-state index contributed by atoms with van der Waals surface area (Å²) in [5.74, 6) is 0. The first-order valence-electron chi connectivity index (χ1n) is 4.83. The van der Waals surface area contributed by atoms with Gasteiger partial charge in [0.05, 0.1) is 4.90 Å². The molecular weight excluding hydrogens is 212 g/mol. The lowest BCUT2D eigenvalue weighted by molar-refractivity contribution is 0.556. The third-order valence-electron chi connectivity index (χ3n) is 2.14. The number of nitrogens with one attached hydrogen (secondary N) is 1. The van der Waals surface area contributed by atoms with E-state index in [9.17, 15) is 8.42 Å². The van der Waals surface area contributed by atoms with Crippen LogP contribution in [-0.4, -0.2) is 14.5 Å². The lowest BCUT2D eigenvalue weighted by Crippen LogP contribution is -2.32. The van der Waals surface area contributed by atoms with Crippen molar-refractivity contribution in [1.82, 2.24) is 4.72 Å². The molecule has 3 N–H and O–H groups in total. The number of anilines is 1. The van der Waals surface area contributed by atoms with Crippen molar-refractivity contribution in [2.75, 3.05) is 5.73 Å². The summed E-state index contributed by atoms with van der Waals surface area (Å²) in [5.41, 5.74) is 5.97. The zero-order valence-electron chi connectivity index (χ0n) is 8.90. The van der Waals surface area contributed by atoms with Crippen LogP contribution in [0.25, 0.3) is 0 Å². The molecule has 84 valence electrons. The van der Waals surface area contributed by atoms with Gasteiger partial charge in [0.2, 0.25) is 10.0 Å². The highest BCUT2D eigenvalue weighted by molar-refractivity contribution is 7.89. The standard InChI is InChI=1S/C10H16N2O2S/c1-3-8(2)12-15(13,14)10-6-4-5-9(11)7-10/h4-8,12H,3,11H2,1-2H3. The molecule has 1 aromatic rings. The van der Waals surface area contributed by atoms with E-state index in [1.165, 1.54) is 12.1 Å². The van der Waals surface area contributed by atoms with Crippen molar-refractivity contribution in [3.05, 3.63) is 24.3 Å². The number of hydrogen-bond acceptors (Lipinski definition) is 3. The van der Waals surface area contributed by atoms with Gasteiger partial charge in [0.25, 0.3) is 0 Å². The first-order valence-corrected chi connectivity index (χ1v) is 6.32. The lowest BCUT2D eigenvalue weighted by Gasteiger charge is -2.12. The number of nitrogens with two attached hydrogens (primary N) is 1. The highest BCUT2D eigenvalue weighted by atomic mass is 32.2. The minimum absolute atomic E-state index is 0.0727. The van der Waals surface area contributed by atoms with Crippen molar-refractivity contribution in [1.29, 1.82) is 0 Å². The van der Waals surface area contributed by atoms with Crippen molar-refractivity contribution in [2.24, 2.45) is 0 Å². The third-order valence-corrected chi connectivity index (χ3v) is 3.72. The van der Waals surface area contributed by atoms with Gasteiger partial charge in [-0.3, -0.25) is 0 Å². The maximum Gasteiger partial charge on any atom is 0.240 e. The van der Waals surface area contributed by atoms with Gasteiger partial charge in [-0.05, 0) is 31.5 Å². The average molecular weight is 228 g/mol. The van der Waals surface area contributed by atoms with Gasteiger partial charge in [-0.2, -0.15) is 0 Å². The van der Waals surface area contributed by atoms with Gasteiger partial charge >= 0.3 is 0 Å². The molecule has 0 spiro atoms. The third kappa shape index (κ3) is 3.21. The monoisotopic (exact) mass is 228 g/mol. The highest BCUT2D eigenvalue weighted by Gasteiger charge is 2.16. The van der Waals surface area contributed by atoms with E-state index in [0.29, 0.717) is 5.69 Å². The van der Waals surface area contributed by atoms with Gasteiger partial charge in [0.1, 0.15) is 0 Å². The lowest BCUT2D eigenvalue weighted by atomic mass is 10.3. The molecule has 0 fully saturated rings. The fraction of sp³-hybridized carbons (Fsp3) is 0.400. The van der Waals surface area contributed by atoms with E-state index in [4.69, 9.17) is 5.73 Å². The van der Waals surface area contributed by atoms with Crippen LogP contribution in [-0.2, 0) is 10.0 Å². The van der Waals surface area contributed by atoms with E-state index >= 15 is 0 Å². The second kappa shape index (κ2) is 4.63. The molecule has 0 aliphatic rings. The maximum absolute atomic E-state index is 11.8. The summed E-state index contributed by atoms with van der Waals surface area (Å²) < 4.78 is 26.1. The molecule has 0 radical (unpaired) electrons. The second-order valence-electron chi connectivity index (χ2n) is 3.50. The van der Waals surface area contributed by atoms with Crippen LogP contribution in [0.4, 0.5) is 5.69 Å². The Morgan fingerprint density at radius 2 is 2.13 bits per heavy atom. The SMILES string of the molecule is CCC(C)NS(=O)(=O)c1cccc(N)c1. The Morgan fingerprint density at radius 3 is 2.67 bits per heavy atom. The second-order valence-corrected chi connectivity index (χ2v) is 5.22. The quantitative estimate of drug-likeness (QED) is 0.764. The Labute approximate surface area is 90.5 Å². The van der Waals surface area contributed by atoms with Crippen LogP contribution in [0.5, 0.6) is 0 Å². The predicted molar refractivity (Wildman–Crippen MR) is 60.9 cm³/mol. The molecule has 1 aromatic carbocycles. The van der Waals surface area contributed by atoms with E-state index < -0.39 is 10.0 Å². The molecule has 1 atom stereocenters. The normalized spacial score (nSPS) is 13.7. The largest absolute Gasteiger partial charge is 0.399 e. The molecule has 1 unspecified atom stereocenters.